The number of thiazole rings is 1. The monoisotopic (exact) mass is 385 g/mol. The first-order chi connectivity index (χ1) is 13.7. The van der Waals surface area contributed by atoms with E-state index in [9.17, 15) is 0 Å². The van der Waals surface area contributed by atoms with Gasteiger partial charge in [0.15, 0.2) is 0 Å². The average Bonchev–Trinajstić information content (AvgIpc) is 3.48. The highest BCUT2D eigenvalue weighted by Gasteiger charge is 2.28. The standard InChI is InChI=1S/C25H23NOS/c1-3-17-14(2)13-20-24(28-25(26-20)16-7-8-16)23(17)19-9-10-21-22-15(11-12-27-21)5-4-6-18(19)22/h4-6,9-10,13,16H,3,7-8,11-12H2,1-2H3. The maximum Gasteiger partial charge on any atom is 0.127 e. The van der Waals surface area contributed by atoms with Gasteiger partial charge in [0.05, 0.1) is 21.8 Å². The van der Waals surface area contributed by atoms with Crippen LogP contribution in [0.5, 0.6) is 5.75 Å². The lowest BCUT2D eigenvalue weighted by Gasteiger charge is -2.21. The quantitative estimate of drug-likeness (QED) is 0.387. The lowest BCUT2D eigenvalue weighted by Crippen LogP contribution is -2.08. The molecule has 0 radical (unpaired) electrons. The van der Waals surface area contributed by atoms with Crippen molar-refractivity contribution in [2.45, 2.75) is 45.4 Å². The molecule has 1 aliphatic heterocycles. The lowest BCUT2D eigenvalue weighted by molar-refractivity contribution is 0.318. The molecule has 2 nitrogen and oxygen atoms in total. The summed E-state index contributed by atoms with van der Waals surface area (Å²) in [5, 5.41) is 3.95. The van der Waals surface area contributed by atoms with Crippen LogP contribution in [0, 0.1) is 6.92 Å². The minimum absolute atomic E-state index is 0.695. The third kappa shape index (κ3) is 2.35. The molecule has 0 atom stereocenters. The van der Waals surface area contributed by atoms with E-state index in [2.05, 4.69) is 50.2 Å². The van der Waals surface area contributed by atoms with E-state index in [1.54, 1.807) is 0 Å². The first kappa shape index (κ1) is 16.6. The van der Waals surface area contributed by atoms with Gasteiger partial charge in [-0.1, -0.05) is 25.1 Å². The Kier molecular flexibility index (Phi) is 3.58. The molecule has 3 aromatic carbocycles. The summed E-state index contributed by atoms with van der Waals surface area (Å²) in [7, 11) is 0. The van der Waals surface area contributed by atoms with Crippen LogP contribution >= 0.6 is 11.3 Å². The number of aromatic nitrogens is 1. The average molecular weight is 386 g/mol. The van der Waals surface area contributed by atoms with E-state index >= 15 is 0 Å². The van der Waals surface area contributed by atoms with Gasteiger partial charge in [0.2, 0.25) is 0 Å². The topological polar surface area (TPSA) is 22.1 Å². The molecular formula is C25H23NOS. The summed E-state index contributed by atoms with van der Waals surface area (Å²) in [6, 6.07) is 13.5. The van der Waals surface area contributed by atoms with Gasteiger partial charge in [-0.25, -0.2) is 4.98 Å². The largest absolute Gasteiger partial charge is 0.493 e. The van der Waals surface area contributed by atoms with Crippen LogP contribution in [-0.4, -0.2) is 11.6 Å². The Labute approximate surface area is 169 Å². The molecule has 28 heavy (non-hydrogen) atoms. The van der Waals surface area contributed by atoms with Crippen molar-refractivity contribution in [2.75, 3.05) is 6.61 Å². The summed E-state index contributed by atoms with van der Waals surface area (Å²) in [6.45, 7) is 5.29. The third-order valence-corrected chi connectivity index (χ3v) is 7.55. The van der Waals surface area contributed by atoms with Crippen LogP contribution in [0.2, 0.25) is 0 Å². The smallest absolute Gasteiger partial charge is 0.127 e. The Balaban J connectivity index is 1.72. The van der Waals surface area contributed by atoms with E-state index in [1.165, 1.54) is 66.7 Å². The van der Waals surface area contributed by atoms with Crippen molar-refractivity contribution in [3.8, 4) is 16.9 Å². The van der Waals surface area contributed by atoms with Crippen LogP contribution in [0.15, 0.2) is 36.4 Å². The highest BCUT2D eigenvalue weighted by Crippen LogP contribution is 2.48. The van der Waals surface area contributed by atoms with Gasteiger partial charge in [0.25, 0.3) is 0 Å². The Morgan fingerprint density at radius 3 is 2.89 bits per heavy atom. The molecule has 2 heterocycles. The molecule has 1 aromatic heterocycles. The molecule has 0 unspecified atom stereocenters. The molecule has 0 N–H and O–H groups in total. The van der Waals surface area contributed by atoms with Crippen molar-refractivity contribution in [2.24, 2.45) is 0 Å². The normalized spacial score (nSPS) is 15.9. The Morgan fingerprint density at radius 2 is 2.07 bits per heavy atom. The van der Waals surface area contributed by atoms with Crippen molar-refractivity contribution in [1.82, 2.24) is 4.98 Å². The van der Waals surface area contributed by atoms with Crippen LogP contribution in [-0.2, 0) is 12.8 Å². The van der Waals surface area contributed by atoms with Crippen molar-refractivity contribution in [3.05, 3.63) is 58.1 Å². The van der Waals surface area contributed by atoms with Gasteiger partial charge in [-0.3, -0.25) is 0 Å². The van der Waals surface area contributed by atoms with E-state index in [-0.39, 0.29) is 0 Å². The van der Waals surface area contributed by atoms with E-state index in [0.717, 1.165) is 25.2 Å². The number of aryl methyl sites for hydroxylation is 1. The fraction of sp³-hybridized carbons (Fsp3) is 0.320. The van der Waals surface area contributed by atoms with E-state index in [4.69, 9.17) is 9.72 Å². The number of hydrogen-bond acceptors (Lipinski definition) is 3. The summed E-state index contributed by atoms with van der Waals surface area (Å²) in [4.78, 5) is 5.03. The molecule has 1 aliphatic carbocycles. The van der Waals surface area contributed by atoms with Gasteiger partial charge in [0.1, 0.15) is 5.75 Å². The van der Waals surface area contributed by atoms with E-state index < -0.39 is 0 Å². The first-order valence-electron chi connectivity index (χ1n) is 10.3. The number of rotatable bonds is 3. The zero-order valence-electron chi connectivity index (χ0n) is 16.3. The molecular weight excluding hydrogens is 362 g/mol. The van der Waals surface area contributed by atoms with Gasteiger partial charge in [-0.05, 0) is 72.0 Å². The zero-order valence-corrected chi connectivity index (χ0v) is 17.2. The van der Waals surface area contributed by atoms with Gasteiger partial charge in [-0.15, -0.1) is 11.3 Å². The SMILES string of the molecule is CCc1c(C)cc2nc(C3CC3)sc2c1-c1ccc2c3c(cccc13)CCO2. The van der Waals surface area contributed by atoms with Crippen molar-refractivity contribution < 1.29 is 4.74 Å². The molecule has 4 aromatic rings. The van der Waals surface area contributed by atoms with Crippen LogP contribution in [0.1, 0.15) is 47.4 Å². The second kappa shape index (κ2) is 6.05. The van der Waals surface area contributed by atoms with Crippen molar-refractivity contribution >= 4 is 32.3 Å². The summed E-state index contributed by atoms with van der Waals surface area (Å²) >= 11 is 1.92. The Bertz CT molecular complexity index is 1240. The molecule has 140 valence electrons. The Hall–Kier alpha value is -2.39. The van der Waals surface area contributed by atoms with Crippen molar-refractivity contribution in [1.29, 1.82) is 0 Å². The first-order valence-corrected chi connectivity index (χ1v) is 11.2. The van der Waals surface area contributed by atoms with Gasteiger partial charge in [0, 0.05) is 23.3 Å². The summed E-state index contributed by atoms with van der Waals surface area (Å²) in [5.74, 6) is 1.73. The second-order valence-corrected chi connectivity index (χ2v) is 9.16. The fourth-order valence-corrected chi connectivity index (χ4v) is 6.06. The number of hydrogen-bond donors (Lipinski definition) is 0. The summed E-state index contributed by atoms with van der Waals surface area (Å²) in [5.41, 5.74) is 8.13. The van der Waals surface area contributed by atoms with Crippen LogP contribution < -0.4 is 4.74 Å². The molecule has 1 fully saturated rings. The Morgan fingerprint density at radius 1 is 1.18 bits per heavy atom. The van der Waals surface area contributed by atoms with Crippen LogP contribution in [0.25, 0.3) is 32.1 Å². The minimum Gasteiger partial charge on any atom is -0.493 e. The fourth-order valence-electron chi connectivity index (χ4n) is 4.76. The maximum atomic E-state index is 5.99. The highest BCUT2D eigenvalue weighted by atomic mass is 32.1. The molecule has 6 rings (SSSR count). The molecule has 0 bridgehead atoms. The second-order valence-electron chi connectivity index (χ2n) is 8.12. The predicted octanol–water partition coefficient (Wildman–Crippen LogP) is 6.80. The molecule has 0 amide bonds. The van der Waals surface area contributed by atoms with E-state index in [1.807, 2.05) is 11.3 Å². The maximum absolute atomic E-state index is 5.99. The van der Waals surface area contributed by atoms with E-state index in [0.29, 0.717) is 5.92 Å². The summed E-state index contributed by atoms with van der Waals surface area (Å²) < 4.78 is 7.35. The number of benzene rings is 3. The lowest BCUT2D eigenvalue weighted by atomic mass is 9.88. The van der Waals surface area contributed by atoms with Gasteiger partial charge < -0.3 is 4.74 Å². The zero-order chi connectivity index (χ0) is 18.8. The molecule has 0 saturated heterocycles. The predicted molar refractivity (Wildman–Crippen MR) is 118 cm³/mol. The van der Waals surface area contributed by atoms with Crippen LogP contribution in [0.3, 0.4) is 0 Å². The summed E-state index contributed by atoms with van der Waals surface area (Å²) in [6.07, 6.45) is 4.62. The number of ether oxygens (including phenoxy) is 1. The number of fused-ring (bicyclic) bond motifs is 1. The molecule has 3 heteroatoms. The van der Waals surface area contributed by atoms with Gasteiger partial charge in [-0.2, -0.15) is 0 Å². The highest BCUT2D eigenvalue weighted by molar-refractivity contribution is 7.19. The number of nitrogens with zero attached hydrogens (tertiary/aromatic N) is 1. The minimum atomic E-state index is 0.695. The third-order valence-electron chi connectivity index (χ3n) is 6.30. The van der Waals surface area contributed by atoms with Gasteiger partial charge >= 0.3 is 0 Å². The van der Waals surface area contributed by atoms with Crippen LogP contribution in [0.4, 0.5) is 0 Å². The molecule has 0 spiro atoms. The molecule has 1 saturated carbocycles. The van der Waals surface area contributed by atoms with Crippen molar-refractivity contribution in [3.63, 3.8) is 0 Å². The molecule has 2 aliphatic rings.